The van der Waals surface area contributed by atoms with E-state index in [1.54, 1.807) is 36.9 Å². The van der Waals surface area contributed by atoms with E-state index in [1.807, 2.05) is 0 Å². The SMILES string of the molecule is CCCCC1=NC2(CCCC2)C(=O)N1Cc1ccc(-c2cc(OC)ccc2S(=O)(=O)Nc2onc(C)c2C)cc1F. The lowest BCUT2D eigenvalue weighted by atomic mass is 9.98. The molecule has 1 aliphatic carbocycles. The van der Waals surface area contributed by atoms with Crippen molar-refractivity contribution < 1.29 is 26.9 Å². The fraction of sp³-hybridized carbons (Fsp3) is 0.433. The summed E-state index contributed by atoms with van der Waals surface area (Å²) in [6, 6.07) is 9.03. The van der Waals surface area contributed by atoms with Crippen molar-refractivity contribution in [1.29, 1.82) is 0 Å². The van der Waals surface area contributed by atoms with E-state index in [2.05, 4.69) is 16.8 Å². The fourth-order valence-corrected chi connectivity index (χ4v) is 6.75. The third kappa shape index (κ3) is 5.47. The molecule has 1 aromatic heterocycles. The first-order valence-corrected chi connectivity index (χ1v) is 15.4. The lowest BCUT2D eigenvalue weighted by Gasteiger charge is -2.23. The second kappa shape index (κ2) is 11.3. The number of unbranched alkanes of at least 4 members (excludes halogenated alkanes) is 1. The normalized spacial score (nSPS) is 16.5. The maximum Gasteiger partial charge on any atom is 0.264 e. The Morgan fingerprint density at radius 1 is 1.15 bits per heavy atom. The minimum Gasteiger partial charge on any atom is -0.497 e. The van der Waals surface area contributed by atoms with Gasteiger partial charge in [-0.1, -0.05) is 43.5 Å². The Kier molecular flexibility index (Phi) is 7.91. The largest absolute Gasteiger partial charge is 0.497 e. The quantitative estimate of drug-likeness (QED) is 0.307. The van der Waals surface area contributed by atoms with Crippen molar-refractivity contribution in [1.82, 2.24) is 10.1 Å². The molecule has 0 atom stereocenters. The molecule has 0 bridgehead atoms. The lowest BCUT2D eigenvalue weighted by Crippen LogP contribution is -2.40. The van der Waals surface area contributed by atoms with Crippen LogP contribution in [0.1, 0.15) is 68.7 Å². The van der Waals surface area contributed by atoms with E-state index in [9.17, 15) is 13.2 Å². The summed E-state index contributed by atoms with van der Waals surface area (Å²) in [5, 5.41) is 3.81. The molecular formula is C30H35FN4O5S. The van der Waals surface area contributed by atoms with Gasteiger partial charge in [0.05, 0.1) is 24.2 Å². The van der Waals surface area contributed by atoms with Gasteiger partial charge >= 0.3 is 0 Å². The molecule has 1 fully saturated rings. The average molecular weight is 583 g/mol. The van der Waals surface area contributed by atoms with Gasteiger partial charge in [-0.15, -0.1) is 0 Å². The highest BCUT2D eigenvalue weighted by Crippen LogP contribution is 2.40. The smallest absolute Gasteiger partial charge is 0.264 e. The van der Waals surface area contributed by atoms with Crippen LogP contribution in [0, 0.1) is 19.7 Å². The van der Waals surface area contributed by atoms with E-state index in [1.165, 1.54) is 25.3 Å². The van der Waals surface area contributed by atoms with Crippen LogP contribution in [-0.4, -0.2) is 42.9 Å². The van der Waals surface area contributed by atoms with Gasteiger partial charge in [0, 0.05) is 23.1 Å². The van der Waals surface area contributed by atoms with Crippen molar-refractivity contribution in [2.24, 2.45) is 4.99 Å². The monoisotopic (exact) mass is 582 g/mol. The zero-order valence-electron chi connectivity index (χ0n) is 23.8. The number of sulfonamides is 1. The predicted octanol–water partition coefficient (Wildman–Crippen LogP) is 6.15. The van der Waals surface area contributed by atoms with Crippen molar-refractivity contribution in [3.8, 4) is 16.9 Å². The molecular weight excluding hydrogens is 547 g/mol. The molecule has 2 aromatic carbocycles. The zero-order valence-corrected chi connectivity index (χ0v) is 24.6. The summed E-state index contributed by atoms with van der Waals surface area (Å²) in [6.07, 6.45) is 5.92. The summed E-state index contributed by atoms with van der Waals surface area (Å²) < 4.78 is 55.5. The summed E-state index contributed by atoms with van der Waals surface area (Å²) in [6.45, 7) is 5.57. The third-order valence-electron chi connectivity index (χ3n) is 8.04. The highest BCUT2D eigenvalue weighted by molar-refractivity contribution is 7.92. The lowest BCUT2D eigenvalue weighted by molar-refractivity contribution is -0.131. The molecule has 0 saturated heterocycles. The van der Waals surface area contributed by atoms with Crippen LogP contribution in [0.15, 0.2) is 50.8 Å². The van der Waals surface area contributed by atoms with Gasteiger partial charge in [-0.05, 0) is 62.9 Å². The molecule has 1 saturated carbocycles. The Labute approximate surface area is 239 Å². The molecule has 1 amide bonds. The second-order valence-corrected chi connectivity index (χ2v) is 12.4. The number of nitrogens with one attached hydrogen (secondary N) is 1. The Bertz CT molecular complexity index is 1610. The molecule has 9 nitrogen and oxygen atoms in total. The van der Waals surface area contributed by atoms with Gasteiger partial charge in [-0.25, -0.2) is 17.5 Å². The van der Waals surface area contributed by atoms with Crippen molar-refractivity contribution in [2.75, 3.05) is 11.8 Å². The fourth-order valence-electron chi connectivity index (χ4n) is 5.49. The Morgan fingerprint density at radius 3 is 2.54 bits per heavy atom. The van der Waals surface area contributed by atoms with Crippen molar-refractivity contribution in [3.05, 3.63) is 59.0 Å². The molecule has 1 N–H and O–H groups in total. The standard InChI is InChI=1S/C30H35FN4O5S/c1-5-6-9-27-32-30(14-7-8-15-30)29(36)35(27)18-22-11-10-21(16-25(22)31)24-17-23(39-4)12-13-26(24)41(37,38)34-28-19(2)20(3)33-40-28/h10-13,16-17,34H,5-9,14-15,18H2,1-4H3. The molecule has 11 heteroatoms. The number of hydrogen-bond donors (Lipinski definition) is 1. The number of rotatable bonds is 10. The number of carbonyl (C=O) groups excluding carboxylic acids is 1. The Balaban J connectivity index is 1.47. The zero-order chi connectivity index (χ0) is 29.4. The highest BCUT2D eigenvalue weighted by Gasteiger charge is 2.49. The molecule has 41 heavy (non-hydrogen) atoms. The van der Waals surface area contributed by atoms with E-state index in [-0.39, 0.29) is 28.8 Å². The number of methoxy groups -OCH3 is 1. The minimum atomic E-state index is -4.13. The number of aromatic nitrogens is 1. The van der Waals surface area contributed by atoms with Crippen LogP contribution in [0.5, 0.6) is 5.75 Å². The van der Waals surface area contributed by atoms with E-state index in [4.69, 9.17) is 14.3 Å². The maximum absolute atomic E-state index is 15.7. The molecule has 0 unspecified atom stereocenters. The number of aryl methyl sites for hydroxylation is 1. The summed E-state index contributed by atoms with van der Waals surface area (Å²) in [7, 11) is -2.66. The summed E-state index contributed by atoms with van der Waals surface area (Å²) >= 11 is 0. The molecule has 0 radical (unpaired) electrons. The van der Waals surface area contributed by atoms with Crippen molar-refractivity contribution in [2.45, 2.75) is 82.7 Å². The molecule has 5 rings (SSSR count). The minimum absolute atomic E-state index is 0.0154. The van der Waals surface area contributed by atoms with Gasteiger partial charge in [0.2, 0.25) is 5.88 Å². The molecule has 1 aliphatic heterocycles. The number of anilines is 1. The van der Waals surface area contributed by atoms with Crippen LogP contribution >= 0.6 is 0 Å². The topological polar surface area (TPSA) is 114 Å². The van der Waals surface area contributed by atoms with Gasteiger partial charge in [0.15, 0.2) is 0 Å². The summed E-state index contributed by atoms with van der Waals surface area (Å²) in [5.74, 6) is 0.568. The number of amides is 1. The van der Waals surface area contributed by atoms with Gasteiger partial charge in [-0.2, -0.15) is 0 Å². The number of carbonyl (C=O) groups is 1. The summed E-state index contributed by atoms with van der Waals surface area (Å²) in [5.41, 5.74) is 1.36. The van der Waals surface area contributed by atoms with Crippen LogP contribution in [0.25, 0.3) is 11.1 Å². The van der Waals surface area contributed by atoms with E-state index >= 15 is 4.39 Å². The van der Waals surface area contributed by atoms with Crippen molar-refractivity contribution >= 4 is 27.7 Å². The number of amidine groups is 1. The van der Waals surface area contributed by atoms with Gasteiger partial charge in [0.25, 0.3) is 15.9 Å². The first kappa shape index (κ1) is 28.8. The van der Waals surface area contributed by atoms with Crippen LogP contribution in [-0.2, 0) is 21.4 Å². The molecule has 3 aromatic rings. The average Bonchev–Trinajstić information content (AvgIpc) is 3.63. The number of benzene rings is 2. The number of aliphatic imine (C=N–C) groups is 1. The van der Waals surface area contributed by atoms with Crippen molar-refractivity contribution in [3.63, 3.8) is 0 Å². The highest BCUT2D eigenvalue weighted by atomic mass is 32.2. The first-order valence-electron chi connectivity index (χ1n) is 13.9. The van der Waals surface area contributed by atoms with Crippen LogP contribution in [0.3, 0.4) is 0 Å². The van der Waals surface area contributed by atoms with E-state index < -0.39 is 21.4 Å². The summed E-state index contributed by atoms with van der Waals surface area (Å²) in [4.78, 5) is 19.9. The first-order chi connectivity index (χ1) is 19.6. The second-order valence-electron chi connectivity index (χ2n) is 10.8. The molecule has 218 valence electrons. The van der Waals surface area contributed by atoms with Crippen LogP contribution in [0.4, 0.5) is 10.3 Å². The molecule has 2 heterocycles. The van der Waals surface area contributed by atoms with E-state index in [0.717, 1.165) is 44.4 Å². The van der Waals surface area contributed by atoms with Crippen LogP contribution < -0.4 is 9.46 Å². The molecule has 1 spiro atoms. The maximum atomic E-state index is 15.7. The number of nitrogens with zero attached hydrogens (tertiary/aromatic N) is 3. The van der Waals surface area contributed by atoms with Gasteiger partial charge < -0.3 is 9.26 Å². The Hall–Kier alpha value is -3.73. The number of ether oxygens (including phenoxy) is 1. The number of halogens is 1. The number of hydrogen-bond acceptors (Lipinski definition) is 7. The molecule has 2 aliphatic rings. The van der Waals surface area contributed by atoms with Gasteiger partial charge in [-0.3, -0.25) is 14.7 Å². The predicted molar refractivity (Wildman–Crippen MR) is 154 cm³/mol. The van der Waals surface area contributed by atoms with E-state index in [0.29, 0.717) is 34.6 Å². The van der Waals surface area contributed by atoms with Crippen LogP contribution in [0.2, 0.25) is 0 Å². The Morgan fingerprint density at radius 2 is 1.90 bits per heavy atom. The van der Waals surface area contributed by atoms with Gasteiger partial charge in [0.1, 0.15) is 22.9 Å². The third-order valence-corrected chi connectivity index (χ3v) is 9.42.